The van der Waals surface area contributed by atoms with Crippen molar-refractivity contribution in [3.63, 3.8) is 0 Å². The molecule has 1 atom stereocenters. The van der Waals surface area contributed by atoms with Crippen molar-refractivity contribution in [2.45, 2.75) is 19.5 Å². The molecule has 18 heavy (non-hydrogen) atoms. The smallest absolute Gasteiger partial charge is 0.153 e. The molecule has 1 fully saturated rings. The number of benzene rings is 1. The summed E-state index contributed by atoms with van der Waals surface area (Å²) in [6, 6.07) is 7.98. The number of ether oxygens (including phenoxy) is 1. The van der Waals surface area contributed by atoms with Crippen LogP contribution in [0.2, 0.25) is 0 Å². The van der Waals surface area contributed by atoms with E-state index in [9.17, 15) is 8.42 Å². The Bertz CT molecular complexity index is 513. The van der Waals surface area contributed by atoms with Crippen LogP contribution in [0.25, 0.3) is 0 Å². The van der Waals surface area contributed by atoms with Crippen LogP contribution >= 0.6 is 0 Å². The fourth-order valence-corrected chi connectivity index (χ4v) is 3.90. The van der Waals surface area contributed by atoms with Gasteiger partial charge in [0, 0.05) is 19.1 Å². The third kappa shape index (κ3) is 3.23. The van der Waals surface area contributed by atoms with E-state index in [-0.39, 0.29) is 17.5 Å². The van der Waals surface area contributed by atoms with E-state index in [1.807, 2.05) is 31.2 Å². The van der Waals surface area contributed by atoms with Gasteiger partial charge in [0.1, 0.15) is 5.75 Å². The summed E-state index contributed by atoms with van der Waals surface area (Å²) in [7, 11) is -1.19. The minimum Gasteiger partial charge on any atom is -0.497 e. The molecule has 0 radical (unpaired) electrons. The minimum absolute atomic E-state index is 0.0787. The highest BCUT2D eigenvalue weighted by Crippen LogP contribution is 2.18. The van der Waals surface area contributed by atoms with Crippen LogP contribution in [0.15, 0.2) is 24.3 Å². The lowest BCUT2D eigenvalue weighted by Crippen LogP contribution is -2.46. The molecule has 1 aliphatic rings. The molecule has 0 amide bonds. The number of hydrogen-bond donors (Lipinski definition) is 0. The summed E-state index contributed by atoms with van der Waals surface area (Å²) in [6.45, 7) is 3.35. The molecule has 4 nitrogen and oxygen atoms in total. The third-order valence-electron chi connectivity index (χ3n) is 3.33. The summed E-state index contributed by atoms with van der Waals surface area (Å²) in [5, 5.41) is 0. The zero-order valence-electron chi connectivity index (χ0n) is 10.8. The highest BCUT2D eigenvalue weighted by molar-refractivity contribution is 7.91. The van der Waals surface area contributed by atoms with E-state index >= 15 is 0 Å². The standard InChI is InChI=1S/C13H19NO3S/c1-11-10-18(15,16)7-6-14(11)9-12-4-3-5-13(8-12)17-2/h3-5,8,11H,6-7,9-10H2,1-2H3. The first-order chi connectivity index (χ1) is 8.50. The molecule has 1 aliphatic heterocycles. The Labute approximate surface area is 108 Å². The maximum absolute atomic E-state index is 11.5. The fourth-order valence-electron chi connectivity index (χ4n) is 2.27. The van der Waals surface area contributed by atoms with Crippen molar-refractivity contribution in [3.05, 3.63) is 29.8 Å². The first kappa shape index (κ1) is 13.4. The molecule has 0 bridgehead atoms. The number of nitrogens with zero attached hydrogens (tertiary/aromatic N) is 1. The third-order valence-corrected chi connectivity index (χ3v) is 5.12. The maximum Gasteiger partial charge on any atom is 0.153 e. The van der Waals surface area contributed by atoms with Crippen LogP contribution < -0.4 is 4.74 Å². The van der Waals surface area contributed by atoms with E-state index in [0.717, 1.165) is 17.9 Å². The molecule has 1 saturated heterocycles. The van der Waals surface area contributed by atoms with Crippen LogP contribution in [0.5, 0.6) is 5.75 Å². The van der Waals surface area contributed by atoms with E-state index < -0.39 is 9.84 Å². The summed E-state index contributed by atoms with van der Waals surface area (Å²) in [4.78, 5) is 2.20. The van der Waals surface area contributed by atoms with Crippen molar-refractivity contribution < 1.29 is 13.2 Å². The van der Waals surface area contributed by atoms with Crippen molar-refractivity contribution >= 4 is 9.84 Å². The molecule has 5 heteroatoms. The van der Waals surface area contributed by atoms with Crippen LogP contribution in [0, 0.1) is 0 Å². The molecule has 1 unspecified atom stereocenters. The van der Waals surface area contributed by atoms with Gasteiger partial charge >= 0.3 is 0 Å². The summed E-state index contributed by atoms with van der Waals surface area (Å²) in [5.41, 5.74) is 1.15. The van der Waals surface area contributed by atoms with Gasteiger partial charge in [0.05, 0.1) is 18.6 Å². The van der Waals surface area contributed by atoms with E-state index in [4.69, 9.17) is 4.74 Å². The lowest BCUT2D eigenvalue weighted by Gasteiger charge is -2.33. The average molecular weight is 269 g/mol. The fraction of sp³-hybridized carbons (Fsp3) is 0.538. The first-order valence-electron chi connectivity index (χ1n) is 6.07. The molecule has 1 aromatic rings. The quantitative estimate of drug-likeness (QED) is 0.830. The Kier molecular flexibility index (Phi) is 3.92. The van der Waals surface area contributed by atoms with Crippen molar-refractivity contribution in [1.82, 2.24) is 4.90 Å². The normalized spacial score (nSPS) is 23.8. The van der Waals surface area contributed by atoms with Gasteiger partial charge in [-0.1, -0.05) is 12.1 Å². The van der Waals surface area contributed by atoms with Gasteiger partial charge in [-0.3, -0.25) is 4.90 Å². The SMILES string of the molecule is COc1cccc(CN2CCS(=O)(=O)CC2C)c1. The second kappa shape index (κ2) is 5.28. The van der Waals surface area contributed by atoms with Gasteiger partial charge in [-0.05, 0) is 24.6 Å². The number of rotatable bonds is 3. The molecular formula is C13H19NO3S. The molecule has 0 aliphatic carbocycles. The Balaban J connectivity index is 2.05. The van der Waals surface area contributed by atoms with Gasteiger partial charge in [-0.25, -0.2) is 8.42 Å². The van der Waals surface area contributed by atoms with Gasteiger partial charge in [0.2, 0.25) is 0 Å². The molecule has 0 N–H and O–H groups in total. The zero-order valence-corrected chi connectivity index (χ0v) is 11.6. The molecule has 1 aromatic carbocycles. The number of methoxy groups -OCH3 is 1. The molecule has 1 heterocycles. The predicted octanol–water partition coefficient (Wildman–Crippen LogP) is 1.31. The molecular weight excluding hydrogens is 250 g/mol. The second-order valence-electron chi connectivity index (χ2n) is 4.79. The number of hydrogen-bond acceptors (Lipinski definition) is 4. The molecule has 2 rings (SSSR count). The van der Waals surface area contributed by atoms with Gasteiger partial charge in [0.25, 0.3) is 0 Å². The Morgan fingerprint density at radius 3 is 2.89 bits per heavy atom. The summed E-state index contributed by atoms with van der Waals surface area (Å²) < 4.78 is 28.2. The van der Waals surface area contributed by atoms with E-state index in [2.05, 4.69) is 4.90 Å². The van der Waals surface area contributed by atoms with Crippen molar-refractivity contribution in [3.8, 4) is 5.75 Å². The van der Waals surface area contributed by atoms with Crippen molar-refractivity contribution in [2.75, 3.05) is 25.2 Å². The van der Waals surface area contributed by atoms with Crippen LogP contribution in [-0.2, 0) is 16.4 Å². The van der Waals surface area contributed by atoms with Gasteiger partial charge in [0.15, 0.2) is 9.84 Å². The minimum atomic E-state index is -2.84. The Hall–Kier alpha value is -1.07. The largest absolute Gasteiger partial charge is 0.497 e. The molecule has 0 spiro atoms. The monoisotopic (exact) mass is 269 g/mol. The molecule has 100 valence electrons. The van der Waals surface area contributed by atoms with E-state index in [0.29, 0.717) is 6.54 Å². The summed E-state index contributed by atoms with van der Waals surface area (Å²) in [5.74, 6) is 1.36. The zero-order chi connectivity index (χ0) is 13.2. The van der Waals surface area contributed by atoms with E-state index in [1.54, 1.807) is 7.11 Å². The predicted molar refractivity (Wildman–Crippen MR) is 71.5 cm³/mol. The Morgan fingerprint density at radius 1 is 1.44 bits per heavy atom. The van der Waals surface area contributed by atoms with E-state index in [1.165, 1.54) is 0 Å². The molecule has 0 saturated carbocycles. The van der Waals surface area contributed by atoms with Gasteiger partial charge in [-0.15, -0.1) is 0 Å². The van der Waals surface area contributed by atoms with Gasteiger partial charge < -0.3 is 4.74 Å². The van der Waals surface area contributed by atoms with Crippen LogP contribution in [-0.4, -0.2) is 44.5 Å². The summed E-state index contributed by atoms with van der Waals surface area (Å²) in [6.07, 6.45) is 0. The topological polar surface area (TPSA) is 46.6 Å². The van der Waals surface area contributed by atoms with Crippen molar-refractivity contribution in [2.24, 2.45) is 0 Å². The highest BCUT2D eigenvalue weighted by Gasteiger charge is 2.27. The maximum atomic E-state index is 11.5. The lowest BCUT2D eigenvalue weighted by atomic mass is 10.2. The highest BCUT2D eigenvalue weighted by atomic mass is 32.2. The van der Waals surface area contributed by atoms with Crippen LogP contribution in [0.1, 0.15) is 12.5 Å². The first-order valence-corrected chi connectivity index (χ1v) is 7.90. The van der Waals surface area contributed by atoms with Crippen molar-refractivity contribution in [1.29, 1.82) is 0 Å². The van der Waals surface area contributed by atoms with Gasteiger partial charge in [-0.2, -0.15) is 0 Å². The van der Waals surface area contributed by atoms with Crippen LogP contribution in [0.3, 0.4) is 0 Å². The second-order valence-corrected chi connectivity index (χ2v) is 7.01. The summed E-state index contributed by atoms with van der Waals surface area (Å²) >= 11 is 0. The molecule has 0 aromatic heterocycles. The average Bonchev–Trinajstić information content (AvgIpc) is 2.32. The number of sulfone groups is 1. The Morgan fingerprint density at radius 2 is 2.22 bits per heavy atom. The lowest BCUT2D eigenvalue weighted by molar-refractivity contribution is 0.218. The van der Waals surface area contributed by atoms with Crippen LogP contribution in [0.4, 0.5) is 0 Å².